The zero-order valence-electron chi connectivity index (χ0n) is 16.9. The summed E-state index contributed by atoms with van der Waals surface area (Å²) in [5, 5.41) is 53.9. The number of phenols is 2. The summed E-state index contributed by atoms with van der Waals surface area (Å²) < 4.78 is 0. The molecule has 8 nitrogen and oxygen atoms in total. The van der Waals surface area contributed by atoms with Gasteiger partial charge in [0.1, 0.15) is 11.0 Å². The summed E-state index contributed by atoms with van der Waals surface area (Å²) in [5.41, 5.74) is 1.22. The average Bonchev–Trinajstić information content (AvgIpc) is 2.63. The highest BCUT2D eigenvalue weighted by atomic mass is 28.3. The second-order valence-electron chi connectivity index (χ2n) is 7.67. The molecule has 0 spiro atoms. The maximum Gasteiger partial charge on any atom is 0.328 e. The Labute approximate surface area is 175 Å². The Balaban J connectivity index is 0.000000311. The predicted octanol–water partition coefficient (Wildman–Crippen LogP) is 3.20. The monoisotopic (exact) mass is 434 g/mol. The van der Waals surface area contributed by atoms with Crippen molar-refractivity contribution in [1.82, 2.24) is 0 Å². The van der Waals surface area contributed by atoms with Crippen molar-refractivity contribution >= 4 is 26.1 Å². The van der Waals surface area contributed by atoms with Crippen LogP contribution < -0.4 is 0 Å². The van der Waals surface area contributed by atoms with Crippen LogP contribution in [0.2, 0.25) is 19.6 Å². The van der Waals surface area contributed by atoms with Gasteiger partial charge in [0.25, 0.3) is 0 Å². The summed E-state index contributed by atoms with van der Waals surface area (Å²) in [7, 11) is -2.03. The van der Waals surface area contributed by atoms with Crippen molar-refractivity contribution in [3.8, 4) is 11.5 Å². The fourth-order valence-corrected chi connectivity index (χ4v) is 4.11. The number of aliphatic carboxylic acids is 2. The molecule has 162 valence electrons. The SMILES string of the molecule is C[Si](C)(C)C1(O)CC(/C=C/C(=O)O)=CC=C1O.O=C(O)C=Cc1ccc(O)c(O)c1. The first-order valence-corrected chi connectivity index (χ1v) is 12.4. The van der Waals surface area contributed by atoms with E-state index >= 15 is 0 Å². The summed E-state index contributed by atoms with van der Waals surface area (Å²) in [4.78, 5) is 20.6. The van der Waals surface area contributed by atoms with Crippen molar-refractivity contribution in [3.05, 3.63) is 65.5 Å². The van der Waals surface area contributed by atoms with Crippen molar-refractivity contribution in [2.45, 2.75) is 31.3 Å². The Morgan fingerprint density at radius 3 is 2.00 bits per heavy atom. The number of benzene rings is 1. The lowest BCUT2D eigenvalue weighted by atomic mass is 10.00. The molecule has 1 unspecified atom stereocenters. The third kappa shape index (κ3) is 6.94. The van der Waals surface area contributed by atoms with Crippen LogP contribution in [0.3, 0.4) is 0 Å². The zero-order valence-corrected chi connectivity index (χ0v) is 17.9. The minimum atomic E-state index is -2.03. The molecule has 0 fully saturated rings. The molecule has 0 heterocycles. The van der Waals surface area contributed by atoms with Gasteiger partial charge in [0.2, 0.25) is 0 Å². The molecule has 0 aliphatic heterocycles. The van der Waals surface area contributed by atoms with E-state index in [1.54, 1.807) is 6.08 Å². The van der Waals surface area contributed by atoms with E-state index in [0.717, 1.165) is 12.2 Å². The van der Waals surface area contributed by atoms with Gasteiger partial charge >= 0.3 is 11.9 Å². The van der Waals surface area contributed by atoms with E-state index in [1.807, 2.05) is 19.6 Å². The van der Waals surface area contributed by atoms with Gasteiger partial charge in [-0.1, -0.05) is 37.9 Å². The largest absolute Gasteiger partial charge is 0.510 e. The second-order valence-corrected chi connectivity index (χ2v) is 13.0. The molecule has 6 N–H and O–H groups in total. The predicted molar refractivity (Wildman–Crippen MR) is 115 cm³/mol. The van der Waals surface area contributed by atoms with Crippen LogP contribution in [0, 0.1) is 0 Å². The minimum absolute atomic E-state index is 0.0239. The fraction of sp³-hybridized carbons (Fsp3) is 0.238. The van der Waals surface area contributed by atoms with Crippen molar-refractivity contribution in [2.24, 2.45) is 0 Å². The van der Waals surface area contributed by atoms with Crippen LogP contribution in [0.1, 0.15) is 12.0 Å². The molecule has 1 atom stereocenters. The molecule has 0 amide bonds. The number of aromatic hydroxyl groups is 2. The molecule has 0 saturated carbocycles. The summed E-state index contributed by atoms with van der Waals surface area (Å²) >= 11 is 0. The van der Waals surface area contributed by atoms with Crippen LogP contribution in [-0.4, -0.2) is 55.9 Å². The lowest BCUT2D eigenvalue weighted by Crippen LogP contribution is -2.54. The Morgan fingerprint density at radius 2 is 1.50 bits per heavy atom. The summed E-state index contributed by atoms with van der Waals surface area (Å²) in [6, 6.07) is 4.06. The maximum absolute atomic E-state index is 10.5. The maximum atomic E-state index is 10.5. The molecule has 1 aliphatic carbocycles. The molecular formula is C21H26O8Si. The first-order chi connectivity index (χ1) is 13.8. The number of aliphatic hydroxyl groups excluding tert-OH is 1. The minimum Gasteiger partial charge on any atom is -0.510 e. The van der Waals surface area contributed by atoms with Crippen LogP contribution >= 0.6 is 0 Å². The highest BCUT2D eigenvalue weighted by molar-refractivity contribution is 6.79. The third-order valence-electron chi connectivity index (χ3n) is 4.44. The molecule has 1 aromatic carbocycles. The molecule has 1 aliphatic rings. The van der Waals surface area contributed by atoms with Crippen LogP contribution in [0.15, 0.2) is 59.9 Å². The molecule has 0 bridgehead atoms. The van der Waals surface area contributed by atoms with Gasteiger partial charge in [-0.25, -0.2) is 9.59 Å². The lowest BCUT2D eigenvalue weighted by molar-refractivity contribution is -0.132. The molecule has 30 heavy (non-hydrogen) atoms. The topological polar surface area (TPSA) is 156 Å². The standard InChI is InChI=1S/C12H18O4Si.C9H8O4/c1-17(2,3)12(16)8-9(4-6-10(12)13)5-7-11(14)15;10-7-3-1-6(5-8(7)11)2-4-9(12)13/h4-7,13,16H,8H2,1-3H3,(H,14,15);1-5,10-11H,(H,12,13)/b7-5+;. The third-order valence-corrected chi connectivity index (χ3v) is 7.35. The van der Waals surface area contributed by atoms with E-state index in [2.05, 4.69) is 0 Å². The number of phenolic OH excluding ortho intramolecular Hbond substituents is 2. The van der Waals surface area contributed by atoms with E-state index < -0.39 is 25.2 Å². The Bertz CT molecular complexity index is 921. The van der Waals surface area contributed by atoms with E-state index in [-0.39, 0.29) is 23.7 Å². The number of hydrogen-bond donors (Lipinski definition) is 6. The van der Waals surface area contributed by atoms with E-state index in [0.29, 0.717) is 11.1 Å². The molecule has 1 aromatic rings. The van der Waals surface area contributed by atoms with Crippen LogP contribution in [0.4, 0.5) is 0 Å². The van der Waals surface area contributed by atoms with Gasteiger partial charge in [-0.05, 0) is 35.4 Å². The van der Waals surface area contributed by atoms with Gasteiger partial charge in [0.05, 0.1) is 8.07 Å². The Kier molecular flexibility index (Phi) is 8.20. The first kappa shape index (κ1) is 24.7. The van der Waals surface area contributed by atoms with Gasteiger partial charge < -0.3 is 30.6 Å². The van der Waals surface area contributed by atoms with Gasteiger partial charge in [-0.2, -0.15) is 0 Å². The number of allylic oxidation sites excluding steroid dienone is 3. The van der Waals surface area contributed by atoms with Gasteiger partial charge in [-0.15, -0.1) is 0 Å². The van der Waals surface area contributed by atoms with E-state index in [9.17, 15) is 19.8 Å². The summed E-state index contributed by atoms with van der Waals surface area (Å²) in [5.74, 6) is -2.61. The summed E-state index contributed by atoms with van der Waals surface area (Å²) in [6.45, 7) is 5.88. The van der Waals surface area contributed by atoms with Gasteiger partial charge in [-0.3, -0.25) is 0 Å². The van der Waals surface area contributed by atoms with Crippen molar-refractivity contribution in [1.29, 1.82) is 0 Å². The van der Waals surface area contributed by atoms with Crippen molar-refractivity contribution < 1.29 is 40.2 Å². The zero-order chi connectivity index (χ0) is 23.1. The Morgan fingerprint density at radius 1 is 0.933 bits per heavy atom. The normalized spacial score (nSPS) is 19.1. The van der Waals surface area contributed by atoms with Gasteiger partial charge in [0, 0.05) is 18.6 Å². The summed E-state index contributed by atoms with van der Waals surface area (Å²) in [6.07, 6.45) is 8.10. The first-order valence-electron chi connectivity index (χ1n) is 8.93. The quantitative estimate of drug-likeness (QED) is 0.234. The fourth-order valence-electron chi connectivity index (χ4n) is 2.52. The highest BCUT2D eigenvalue weighted by Gasteiger charge is 2.46. The number of hydrogen-bond acceptors (Lipinski definition) is 6. The molecule has 0 saturated heterocycles. The number of rotatable bonds is 5. The molecule has 2 rings (SSSR count). The van der Waals surface area contributed by atoms with E-state index in [1.165, 1.54) is 36.4 Å². The van der Waals surface area contributed by atoms with Crippen molar-refractivity contribution in [2.75, 3.05) is 0 Å². The smallest absolute Gasteiger partial charge is 0.328 e. The van der Waals surface area contributed by atoms with Gasteiger partial charge in [0.15, 0.2) is 11.5 Å². The molecular weight excluding hydrogens is 408 g/mol. The average molecular weight is 435 g/mol. The lowest BCUT2D eigenvalue weighted by Gasteiger charge is -2.40. The number of carbonyl (C=O) groups is 2. The number of aliphatic hydroxyl groups is 2. The second kappa shape index (κ2) is 9.95. The number of carboxylic acid groups (broad SMARTS) is 2. The molecule has 9 heteroatoms. The molecule has 0 aromatic heterocycles. The van der Waals surface area contributed by atoms with Crippen LogP contribution in [-0.2, 0) is 9.59 Å². The number of carboxylic acids is 2. The Hall–Kier alpha value is -3.30. The molecule has 0 radical (unpaired) electrons. The van der Waals surface area contributed by atoms with Crippen LogP contribution in [0.5, 0.6) is 11.5 Å². The van der Waals surface area contributed by atoms with Crippen molar-refractivity contribution in [3.63, 3.8) is 0 Å². The van der Waals surface area contributed by atoms with E-state index in [4.69, 9.17) is 20.4 Å². The highest BCUT2D eigenvalue weighted by Crippen LogP contribution is 2.36. The van der Waals surface area contributed by atoms with Crippen LogP contribution in [0.25, 0.3) is 6.08 Å².